The Morgan fingerprint density at radius 1 is 1.47 bits per heavy atom. The highest BCUT2D eigenvalue weighted by Crippen LogP contribution is 2.20. The molecule has 6 heteroatoms. The van der Waals surface area contributed by atoms with E-state index in [0.29, 0.717) is 17.1 Å². The number of amides is 2. The Balaban J connectivity index is 2.18. The van der Waals surface area contributed by atoms with E-state index in [0.717, 1.165) is 0 Å². The van der Waals surface area contributed by atoms with E-state index in [9.17, 15) is 9.59 Å². The van der Waals surface area contributed by atoms with Gasteiger partial charge < -0.3 is 15.4 Å². The lowest BCUT2D eigenvalue weighted by Gasteiger charge is -2.38. The molecule has 1 aromatic rings. The number of primary amides is 1. The molecule has 1 aromatic carbocycles. The average Bonchev–Trinajstić information content (AvgIpc) is 2.38. The number of halogens is 1. The molecule has 1 unspecified atom stereocenters. The van der Waals surface area contributed by atoms with Crippen LogP contribution in [-0.2, 0) is 9.53 Å². The first kappa shape index (κ1) is 13.8. The van der Waals surface area contributed by atoms with Crippen molar-refractivity contribution in [3.63, 3.8) is 0 Å². The van der Waals surface area contributed by atoms with Gasteiger partial charge in [-0.25, -0.2) is 0 Å². The number of carbonyl (C=O) groups is 2. The minimum Gasteiger partial charge on any atom is -0.367 e. The highest BCUT2D eigenvalue weighted by atomic mass is 35.5. The van der Waals surface area contributed by atoms with E-state index in [1.807, 2.05) is 0 Å². The van der Waals surface area contributed by atoms with Crippen LogP contribution in [0.4, 0.5) is 0 Å². The molecule has 1 fully saturated rings. The Hall–Kier alpha value is -1.59. The van der Waals surface area contributed by atoms with Crippen molar-refractivity contribution < 1.29 is 14.3 Å². The summed E-state index contributed by atoms with van der Waals surface area (Å²) in [5.74, 6) is -0.755. The number of nitrogens with zero attached hydrogens (tertiary/aromatic N) is 1. The van der Waals surface area contributed by atoms with Crippen molar-refractivity contribution in [3.8, 4) is 0 Å². The summed E-state index contributed by atoms with van der Waals surface area (Å²) in [4.78, 5) is 25.3. The number of benzene rings is 1. The Bertz CT molecular complexity index is 520. The Kier molecular flexibility index (Phi) is 3.78. The quantitative estimate of drug-likeness (QED) is 0.881. The number of hydrogen-bond acceptors (Lipinski definition) is 3. The van der Waals surface area contributed by atoms with Gasteiger partial charge in [-0.15, -0.1) is 0 Å². The molecule has 0 bridgehead atoms. The third-order valence-corrected chi connectivity index (χ3v) is 3.39. The standard InChI is InChI=1S/C13H15ClN2O3/c1-13(12(15)18)8-16(5-6-19-13)11(17)9-3-2-4-10(14)7-9/h2-4,7H,5-6,8H2,1H3,(H2,15,18). The molecule has 0 spiro atoms. The van der Waals surface area contributed by atoms with Crippen molar-refractivity contribution in [1.29, 1.82) is 0 Å². The first-order valence-corrected chi connectivity index (χ1v) is 6.29. The van der Waals surface area contributed by atoms with E-state index >= 15 is 0 Å². The predicted molar refractivity (Wildman–Crippen MR) is 70.9 cm³/mol. The van der Waals surface area contributed by atoms with Crippen molar-refractivity contribution in [2.75, 3.05) is 19.7 Å². The molecule has 1 saturated heterocycles. The second-order valence-electron chi connectivity index (χ2n) is 4.68. The molecule has 2 rings (SSSR count). The molecular weight excluding hydrogens is 268 g/mol. The van der Waals surface area contributed by atoms with Crippen LogP contribution >= 0.6 is 11.6 Å². The van der Waals surface area contributed by atoms with Gasteiger partial charge in [0.1, 0.15) is 0 Å². The third kappa shape index (κ3) is 2.88. The first-order valence-electron chi connectivity index (χ1n) is 5.91. The lowest BCUT2D eigenvalue weighted by Crippen LogP contribution is -2.58. The second-order valence-corrected chi connectivity index (χ2v) is 5.12. The zero-order chi connectivity index (χ0) is 14.0. The van der Waals surface area contributed by atoms with E-state index in [2.05, 4.69) is 0 Å². The topological polar surface area (TPSA) is 72.6 Å². The summed E-state index contributed by atoms with van der Waals surface area (Å²) >= 11 is 5.86. The van der Waals surface area contributed by atoms with Crippen molar-refractivity contribution >= 4 is 23.4 Å². The van der Waals surface area contributed by atoms with Gasteiger partial charge >= 0.3 is 0 Å². The van der Waals surface area contributed by atoms with Gasteiger partial charge in [-0.05, 0) is 25.1 Å². The van der Waals surface area contributed by atoms with E-state index < -0.39 is 11.5 Å². The smallest absolute Gasteiger partial charge is 0.254 e. The molecule has 0 radical (unpaired) electrons. The number of morpholine rings is 1. The Morgan fingerprint density at radius 2 is 2.21 bits per heavy atom. The van der Waals surface area contributed by atoms with Crippen LogP contribution in [0, 0.1) is 0 Å². The number of carbonyl (C=O) groups excluding carboxylic acids is 2. The molecule has 5 nitrogen and oxygen atoms in total. The normalized spacial score (nSPS) is 23.2. The summed E-state index contributed by atoms with van der Waals surface area (Å²) in [7, 11) is 0. The van der Waals surface area contributed by atoms with E-state index in [1.54, 1.807) is 36.1 Å². The fraction of sp³-hybridized carbons (Fsp3) is 0.385. The molecule has 19 heavy (non-hydrogen) atoms. The summed E-state index contributed by atoms with van der Waals surface area (Å²) in [6, 6.07) is 6.70. The van der Waals surface area contributed by atoms with E-state index in [-0.39, 0.29) is 19.1 Å². The van der Waals surface area contributed by atoms with E-state index in [4.69, 9.17) is 22.1 Å². The number of hydrogen-bond donors (Lipinski definition) is 1. The van der Waals surface area contributed by atoms with Crippen LogP contribution in [0.1, 0.15) is 17.3 Å². The molecule has 0 aromatic heterocycles. The number of ether oxygens (including phenoxy) is 1. The average molecular weight is 283 g/mol. The van der Waals surface area contributed by atoms with Crippen molar-refractivity contribution in [2.45, 2.75) is 12.5 Å². The summed E-state index contributed by atoms with van der Waals surface area (Å²) in [5.41, 5.74) is 4.66. The van der Waals surface area contributed by atoms with Crippen LogP contribution < -0.4 is 5.73 Å². The molecule has 1 aliphatic heterocycles. The fourth-order valence-corrected chi connectivity index (χ4v) is 2.19. The van der Waals surface area contributed by atoms with Crippen LogP contribution in [-0.4, -0.2) is 42.0 Å². The van der Waals surface area contributed by atoms with Gasteiger partial charge in [0.15, 0.2) is 5.60 Å². The zero-order valence-electron chi connectivity index (χ0n) is 10.6. The maximum atomic E-state index is 12.3. The summed E-state index contributed by atoms with van der Waals surface area (Å²) in [6.45, 7) is 2.44. The van der Waals surface area contributed by atoms with Gasteiger partial charge in [-0.2, -0.15) is 0 Å². The highest BCUT2D eigenvalue weighted by molar-refractivity contribution is 6.30. The molecule has 0 saturated carbocycles. The van der Waals surface area contributed by atoms with Crippen molar-refractivity contribution in [3.05, 3.63) is 34.9 Å². The lowest BCUT2D eigenvalue weighted by molar-refractivity contribution is -0.150. The SMILES string of the molecule is CC1(C(N)=O)CN(C(=O)c2cccc(Cl)c2)CCO1. The predicted octanol–water partition coefficient (Wildman–Crippen LogP) is 1.06. The Labute approximate surface area is 116 Å². The zero-order valence-corrected chi connectivity index (χ0v) is 11.3. The van der Waals surface area contributed by atoms with Gasteiger partial charge in [0, 0.05) is 17.1 Å². The highest BCUT2D eigenvalue weighted by Gasteiger charge is 2.39. The van der Waals surface area contributed by atoms with Crippen molar-refractivity contribution in [2.24, 2.45) is 5.73 Å². The van der Waals surface area contributed by atoms with Crippen LogP contribution in [0.15, 0.2) is 24.3 Å². The lowest BCUT2D eigenvalue weighted by atomic mass is 10.0. The number of rotatable bonds is 2. The van der Waals surface area contributed by atoms with Gasteiger partial charge in [0.2, 0.25) is 0 Å². The molecule has 1 atom stereocenters. The largest absolute Gasteiger partial charge is 0.367 e. The Morgan fingerprint density at radius 3 is 2.84 bits per heavy atom. The van der Waals surface area contributed by atoms with Gasteiger partial charge in [-0.1, -0.05) is 17.7 Å². The van der Waals surface area contributed by atoms with Gasteiger partial charge in [-0.3, -0.25) is 9.59 Å². The molecule has 2 amide bonds. The maximum absolute atomic E-state index is 12.3. The monoisotopic (exact) mass is 282 g/mol. The molecule has 1 heterocycles. The van der Waals surface area contributed by atoms with E-state index in [1.165, 1.54) is 0 Å². The minimum atomic E-state index is -1.13. The van der Waals surface area contributed by atoms with Gasteiger partial charge in [0.25, 0.3) is 11.8 Å². The van der Waals surface area contributed by atoms with Crippen LogP contribution in [0.5, 0.6) is 0 Å². The summed E-state index contributed by atoms with van der Waals surface area (Å²) in [5, 5.41) is 0.497. The van der Waals surface area contributed by atoms with Crippen LogP contribution in [0.3, 0.4) is 0 Å². The summed E-state index contributed by atoms with van der Waals surface area (Å²) < 4.78 is 5.37. The van der Waals surface area contributed by atoms with Crippen molar-refractivity contribution in [1.82, 2.24) is 4.90 Å². The van der Waals surface area contributed by atoms with Gasteiger partial charge in [0.05, 0.1) is 13.2 Å². The first-order chi connectivity index (χ1) is 8.92. The summed E-state index contributed by atoms with van der Waals surface area (Å²) in [6.07, 6.45) is 0. The molecule has 2 N–H and O–H groups in total. The second kappa shape index (κ2) is 5.19. The third-order valence-electron chi connectivity index (χ3n) is 3.15. The minimum absolute atomic E-state index is 0.147. The molecule has 0 aliphatic carbocycles. The number of nitrogens with two attached hydrogens (primary N) is 1. The molecular formula is C13H15ClN2O3. The van der Waals surface area contributed by atoms with Crippen LogP contribution in [0.2, 0.25) is 5.02 Å². The maximum Gasteiger partial charge on any atom is 0.254 e. The molecule has 1 aliphatic rings. The fourth-order valence-electron chi connectivity index (χ4n) is 2.00. The van der Waals surface area contributed by atoms with Crippen LogP contribution in [0.25, 0.3) is 0 Å². The molecule has 102 valence electrons.